The maximum Gasteiger partial charge on any atom is 0.119 e. The molecule has 1 aromatic carbocycles. The highest BCUT2D eigenvalue weighted by Gasteiger charge is 2.15. The van der Waals surface area contributed by atoms with Crippen LogP contribution in [0.25, 0.3) is 0 Å². The average Bonchev–Trinajstić information content (AvgIpc) is 2.48. The van der Waals surface area contributed by atoms with Crippen LogP contribution in [0.2, 0.25) is 0 Å². The molecular weight excluding hydrogens is 162 g/mol. The van der Waals surface area contributed by atoms with Crippen LogP contribution in [-0.2, 0) is 6.42 Å². The zero-order valence-electron chi connectivity index (χ0n) is 8.21. The highest BCUT2D eigenvalue weighted by atomic mass is 16.5. The summed E-state index contributed by atoms with van der Waals surface area (Å²) < 4.78 is 5.45. The predicted molar refractivity (Wildman–Crippen MR) is 54.6 cm³/mol. The van der Waals surface area contributed by atoms with Gasteiger partial charge in [-0.2, -0.15) is 0 Å². The van der Waals surface area contributed by atoms with E-state index in [4.69, 9.17) is 4.74 Å². The number of rotatable bonds is 2. The van der Waals surface area contributed by atoms with Gasteiger partial charge >= 0.3 is 0 Å². The zero-order valence-corrected chi connectivity index (χ0v) is 8.21. The number of anilines is 1. The van der Waals surface area contributed by atoms with Crippen molar-refractivity contribution in [3.05, 3.63) is 23.8 Å². The minimum absolute atomic E-state index is 0.745. The molecule has 0 spiro atoms. The maximum absolute atomic E-state index is 5.45. The molecule has 1 aliphatic rings. The smallest absolute Gasteiger partial charge is 0.119 e. The van der Waals surface area contributed by atoms with Crippen molar-refractivity contribution in [2.75, 3.05) is 25.1 Å². The Labute approximate surface area is 79.1 Å². The van der Waals surface area contributed by atoms with E-state index in [0.29, 0.717) is 0 Å². The summed E-state index contributed by atoms with van der Waals surface area (Å²) >= 11 is 0. The van der Waals surface area contributed by atoms with E-state index in [1.165, 1.54) is 11.3 Å². The lowest BCUT2D eigenvalue weighted by atomic mass is 10.1. The lowest BCUT2D eigenvalue weighted by molar-refractivity contribution is 0.340. The predicted octanol–water partition coefficient (Wildman–Crippen LogP) is 2.08. The van der Waals surface area contributed by atoms with Crippen molar-refractivity contribution in [1.82, 2.24) is 0 Å². The van der Waals surface area contributed by atoms with Crippen LogP contribution in [-0.4, -0.2) is 20.2 Å². The van der Waals surface area contributed by atoms with Crippen molar-refractivity contribution in [3.8, 4) is 5.75 Å². The molecule has 0 N–H and O–H groups in total. The molecule has 0 bridgehead atoms. The Morgan fingerprint density at radius 2 is 2.31 bits per heavy atom. The van der Waals surface area contributed by atoms with Gasteiger partial charge in [0.2, 0.25) is 0 Å². The van der Waals surface area contributed by atoms with Crippen LogP contribution in [0, 0.1) is 0 Å². The fourth-order valence-corrected chi connectivity index (χ4v) is 1.80. The number of fused-ring (bicyclic) bond motifs is 1. The van der Waals surface area contributed by atoms with Gasteiger partial charge in [-0.05, 0) is 37.1 Å². The normalized spacial score (nSPS) is 14.5. The van der Waals surface area contributed by atoms with Crippen LogP contribution in [0.5, 0.6) is 5.75 Å². The zero-order chi connectivity index (χ0) is 9.26. The van der Waals surface area contributed by atoms with Gasteiger partial charge in [0.15, 0.2) is 0 Å². The Kier molecular flexibility index (Phi) is 2.13. The minimum atomic E-state index is 0.745. The molecule has 0 atom stereocenters. The fraction of sp³-hybridized carbons (Fsp3) is 0.455. The van der Waals surface area contributed by atoms with Crippen molar-refractivity contribution in [1.29, 1.82) is 0 Å². The summed E-state index contributed by atoms with van der Waals surface area (Å²) in [5.41, 5.74) is 2.76. The molecule has 0 fully saturated rings. The summed E-state index contributed by atoms with van der Waals surface area (Å²) in [4.78, 5) is 2.28. The maximum atomic E-state index is 5.45. The molecule has 0 saturated heterocycles. The summed E-state index contributed by atoms with van der Waals surface area (Å²) in [6.45, 7) is 3.89. The van der Waals surface area contributed by atoms with Gasteiger partial charge in [0, 0.05) is 19.3 Å². The van der Waals surface area contributed by atoms with E-state index < -0.39 is 0 Å². The Bertz CT molecular complexity index is 309. The lowest BCUT2D eigenvalue weighted by Gasteiger charge is -2.12. The minimum Gasteiger partial charge on any atom is -0.494 e. The molecule has 13 heavy (non-hydrogen) atoms. The second-order valence-electron chi connectivity index (χ2n) is 3.40. The quantitative estimate of drug-likeness (QED) is 0.685. The van der Waals surface area contributed by atoms with Gasteiger partial charge in [-0.15, -0.1) is 0 Å². The van der Waals surface area contributed by atoms with E-state index in [1.807, 2.05) is 13.0 Å². The molecule has 1 heterocycles. The molecular formula is C11H15NO. The van der Waals surface area contributed by atoms with E-state index in [1.54, 1.807) is 0 Å². The van der Waals surface area contributed by atoms with E-state index in [-0.39, 0.29) is 0 Å². The molecule has 70 valence electrons. The van der Waals surface area contributed by atoms with Crippen molar-refractivity contribution >= 4 is 5.69 Å². The van der Waals surface area contributed by atoms with Crippen LogP contribution >= 0.6 is 0 Å². The summed E-state index contributed by atoms with van der Waals surface area (Å²) in [7, 11) is 2.13. The van der Waals surface area contributed by atoms with E-state index in [9.17, 15) is 0 Å². The molecule has 0 aliphatic carbocycles. The van der Waals surface area contributed by atoms with Crippen LogP contribution in [0.4, 0.5) is 5.69 Å². The van der Waals surface area contributed by atoms with E-state index in [2.05, 4.69) is 24.1 Å². The van der Waals surface area contributed by atoms with Crippen molar-refractivity contribution in [2.45, 2.75) is 13.3 Å². The van der Waals surface area contributed by atoms with Gasteiger partial charge in [0.25, 0.3) is 0 Å². The standard InChI is InChI=1S/C11H15NO/c1-3-13-10-4-5-11-9(8-10)6-7-12(11)2/h4-5,8H,3,6-7H2,1-2H3. The first-order valence-corrected chi connectivity index (χ1v) is 4.78. The van der Waals surface area contributed by atoms with Crippen molar-refractivity contribution in [3.63, 3.8) is 0 Å². The van der Waals surface area contributed by atoms with Crippen LogP contribution < -0.4 is 9.64 Å². The number of nitrogens with zero attached hydrogens (tertiary/aromatic N) is 1. The molecule has 0 amide bonds. The first-order valence-electron chi connectivity index (χ1n) is 4.78. The lowest BCUT2D eigenvalue weighted by Crippen LogP contribution is -2.12. The first kappa shape index (κ1) is 8.42. The molecule has 2 heteroatoms. The SMILES string of the molecule is CCOc1ccc2c(c1)CCN2C. The molecule has 0 aromatic heterocycles. The number of hydrogen-bond acceptors (Lipinski definition) is 2. The third-order valence-electron chi connectivity index (χ3n) is 2.49. The van der Waals surface area contributed by atoms with E-state index >= 15 is 0 Å². The molecule has 0 unspecified atom stereocenters. The van der Waals surface area contributed by atoms with Crippen molar-refractivity contribution in [2.24, 2.45) is 0 Å². The summed E-state index contributed by atoms with van der Waals surface area (Å²) in [5, 5.41) is 0. The largest absolute Gasteiger partial charge is 0.494 e. The fourth-order valence-electron chi connectivity index (χ4n) is 1.80. The van der Waals surface area contributed by atoms with Crippen molar-refractivity contribution < 1.29 is 4.74 Å². The van der Waals surface area contributed by atoms with Gasteiger partial charge in [0.05, 0.1) is 6.61 Å². The summed E-state index contributed by atoms with van der Waals surface area (Å²) in [6.07, 6.45) is 1.15. The van der Waals surface area contributed by atoms with Crippen LogP contribution in [0.15, 0.2) is 18.2 Å². The van der Waals surface area contributed by atoms with Crippen LogP contribution in [0.1, 0.15) is 12.5 Å². The number of ether oxygens (including phenoxy) is 1. The van der Waals surface area contributed by atoms with E-state index in [0.717, 1.165) is 25.3 Å². The van der Waals surface area contributed by atoms with Gasteiger partial charge < -0.3 is 9.64 Å². The number of hydrogen-bond donors (Lipinski definition) is 0. The third kappa shape index (κ3) is 1.48. The Balaban J connectivity index is 2.29. The Morgan fingerprint density at radius 3 is 3.08 bits per heavy atom. The third-order valence-corrected chi connectivity index (χ3v) is 2.49. The second-order valence-corrected chi connectivity index (χ2v) is 3.40. The molecule has 0 saturated carbocycles. The highest BCUT2D eigenvalue weighted by molar-refractivity contribution is 5.59. The van der Waals surface area contributed by atoms with Gasteiger partial charge in [-0.25, -0.2) is 0 Å². The summed E-state index contributed by atoms with van der Waals surface area (Å²) in [5.74, 6) is 0.997. The van der Waals surface area contributed by atoms with Crippen LogP contribution in [0.3, 0.4) is 0 Å². The molecule has 2 nitrogen and oxygen atoms in total. The summed E-state index contributed by atoms with van der Waals surface area (Å²) in [6, 6.07) is 6.35. The van der Waals surface area contributed by atoms with Gasteiger partial charge in [-0.1, -0.05) is 0 Å². The monoisotopic (exact) mass is 177 g/mol. The first-order chi connectivity index (χ1) is 6.31. The van der Waals surface area contributed by atoms with Gasteiger partial charge in [0.1, 0.15) is 5.75 Å². The molecule has 1 aromatic rings. The average molecular weight is 177 g/mol. The van der Waals surface area contributed by atoms with Gasteiger partial charge in [-0.3, -0.25) is 0 Å². The number of benzene rings is 1. The Morgan fingerprint density at radius 1 is 1.46 bits per heavy atom. The molecule has 2 rings (SSSR count). The Hall–Kier alpha value is -1.18. The highest BCUT2D eigenvalue weighted by Crippen LogP contribution is 2.29. The second kappa shape index (κ2) is 3.29. The molecule has 0 radical (unpaired) electrons. The molecule has 1 aliphatic heterocycles. The topological polar surface area (TPSA) is 12.5 Å². The number of likely N-dealkylation sites (N-methyl/N-ethyl adjacent to an activating group) is 1.